The Hall–Kier alpha value is -3.27. The molecule has 0 aromatic rings. The lowest BCUT2D eigenvalue weighted by atomic mass is 10.0. The maximum Gasteiger partial charge on any atom is 0.306 e. The number of hydrogen-bond acceptors (Lipinski definition) is 8. The van der Waals surface area contributed by atoms with Crippen molar-refractivity contribution in [1.29, 1.82) is 0 Å². The number of rotatable bonds is 59. The van der Waals surface area contributed by atoms with Crippen molar-refractivity contribution in [3.05, 3.63) is 72.9 Å². The molecule has 9 heteroatoms. The highest BCUT2D eigenvalue weighted by molar-refractivity contribution is 5.70. The molecule has 77 heavy (non-hydrogen) atoms. The highest BCUT2D eigenvalue weighted by Gasteiger charge is 2.22. The van der Waals surface area contributed by atoms with Crippen LogP contribution in [0.4, 0.5) is 0 Å². The number of carboxylic acid groups (broad SMARTS) is 1. The number of quaternary nitrogens is 1. The minimum absolute atomic E-state index is 0.139. The normalized spacial score (nSPS) is 13.2. The van der Waals surface area contributed by atoms with Crippen LogP contribution in [0, 0.1) is 0 Å². The number of likely N-dealkylation sites (N-methyl/N-ethyl adjacent to an activating group) is 1. The van der Waals surface area contributed by atoms with Gasteiger partial charge >= 0.3 is 11.9 Å². The molecule has 2 unspecified atom stereocenters. The van der Waals surface area contributed by atoms with Crippen molar-refractivity contribution >= 4 is 17.9 Å². The van der Waals surface area contributed by atoms with E-state index in [0.29, 0.717) is 17.4 Å². The number of carboxylic acids is 1. The zero-order chi connectivity index (χ0) is 56.2. The van der Waals surface area contributed by atoms with E-state index in [1.54, 1.807) is 0 Å². The Labute approximate surface area is 475 Å². The topological polar surface area (TPSA) is 111 Å². The molecule has 0 bridgehead atoms. The van der Waals surface area contributed by atoms with Crippen LogP contribution >= 0.6 is 0 Å². The summed E-state index contributed by atoms with van der Waals surface area (Å²) in [5.41, 5.74) is 0. The first-order chi connectivity index (χ1) is 37.6. The van der Waals surface area contributed by atoms with Gasteiger partial charge in [-0.3, -0.25) is 9.59 Å². The molecule has 0 aromatic heterocycles. The molecule has 0 aliphatic rings. The molecule has 446 valence electrons. The van der Waals surface area contributed by atoms with Gasteiger partial charge in [0.1, 0.15) is 13.2 Å². The largest absolute Gasteiger partial charge is 0.545 e. The lowest BCUT2D eigenvalue weighted by Gasteiger charge is -2.26. The number of hydrogen-bond donors (Lipinski definition) is 0. The summed E-state index contributed by atoms with van der Waals surface area (Å²) in [6.07, 6.45) is 74.2. The molecule has 0 aliphatic heterocycles. The van der Waals surface area contributed by atoms with Crippen molar-refractivity contribution in [3.63, 3.8) is 0 Å². The van der Waals surface area contributed by atoms with Crippen LogP contribution in [-0.2, 0) is 33.3 Å². The van der Waals surface area contributed by atoms with Crippen LogP contribution in [-0.4, -0.2) is 82.3 Å². The van der Waals surface area contributed by atoms with Crippen LogP contribution in [0.3, 0.4) is 0 Å². The Morgan fingerprint density at radius 1 is 0.403 bits per heavy atom. The van der Waals surface area contributed by atoms with Crippen LogP contribution in [0.1, 0.15) is 284 Å². The number of carbonyl (C=O) groups excluding carboxylic acids is 3. The molecular weight excluding hydrogens is 959 g/mol. The lowest BCUT2D eigenvalue weighted by molar-refractivity contribution is -0.870. The van der Waals surface area contributed by atoms with E-state index >= 15 is 0 Å². The summed E-state index contributed by atoms with van der Waals surface area (Å²) in [5, 5.41) is 11.8. The molecule has 0 fully saturated rings. The Morgan fingerprint density at radius 2 is 0.740 bits per heavy atom. The van der Waals surface area contributed by atoms with Crippen LogP contribution in [0.25, 0.3) is 0 Å². The second-order valence-electron chi connectivity index (χ2n) is 22.7. The quantitative estimate of drug-likeness (QED) is 0.0195. The number of esters is 2. The van der Waals surface area contributed by atoms with E-state index in [9.17, 15) is 19.5 Å². The van der Waals surface area contributed by atoms with Gasteiger partial charge in [-0.25, -0.2) is 0 Å². The highest BCUT2D eigenvalue weighted by atomic mass is 16.7. The smallest absolute Gasteiger partial charge is 0.306 e. The van der Waals surface area contributed by atoms with Gasteiger partial charge in [-0.1, -0.05) is 260 Å². The fraction of sp³-hybridized carbons (Fsp3) is 0.779. The van der Waals surface area contributed by atoms with E-state index in [1.165, 1.54) is 180 Å². The molecule has 9 nitrogen and oxygen atoms in total. The number of ether oxygens (including phenoxy) is 4. The fourth-order valence-electron chi connectivity index (χ4n) is 9.03. The molecule has 0 rings (SSSR count). The first-order valence-electron chi connectivity index (χ1n) is 32.1. The highest BCUT2D eigenvalue weighted by Crippen LogP contribution is 2.17. The maximum absolute atomic E-state index is 12.9. The Bertz CT molecular complexity index is 1490. The van der Waals surface area contributed by atoms with E-state index in [4.69, 9.17) is 18.9 Å². The van der Waals surface area contributed by atoms with Crippen LogP contribution in [0.5, 0.6) is 0 Å². The van der Waals surface area contributed by atoms with Gasteiger partial charge < -0.3 is 33.3 Å². The van der Waals surface area contributed by atoms with Gasteiger partial charge in [-0.15, -0.1) is 0 Å². The van der Waals surface area contributed by atoms with Gasteiger partial charge in [0, 0.05) is 12.8 Å². The van der Waals surface area contributed by atoms with E-state index in [-0.39, 0.29) is 38.6 Å². The van der Waals surface area contributed by atoms with Gasteiger partial charge in [-0.05, 0) is 83.5 Å². The third-order valence-corrected chi connectivity index (χ3v) is 13.9. The molecule has 2 atom stereocenters. The van der Waals surface area contributed by atoms with Gasteiger partial charge in [0.2, 0.25) is 0 Å². The van der Waals surface area contributed by atoms with Crippen molar-refractivity contribution in [3.8, 4) is 0 Å². The van der Waals surface area contributed by atoms with Crippen LogP contribution in [0.15, 0.2) is 72.9 Å². The zero-order valence-electron chi connectivity index (χ0n) is 50.8. The number of nitrogens with zero attached hydrogens (tertiary/aromatic N) is 1. The fourth-order valence-corrected chi connectivity index (χ4v) is 9.03. The SMILES string of the molecule is CC/C=C\C/C=C\C/C=C\C/C=C\C/C=C\CCCCCC(=O)OC(COC(=O)CCCCCCCCCCCCCCCCCCCCCCC/C=C\CCCCCCCCCC)COC(OCC[N+](C)(C)C)C(=O)[O-]. The predicted octanol–water partition coefficient (Wildman–Crippen LogP) is 18.0. The lowest BCUT2D eigenvalue weighted by Crippen LogP contribution is -2.44. The maximum atomic E-state index is 12.9. The Balaban J connectivity index is 4.11. The second-order valence-corrected chi connectivity index (χ2v) is 22.7. The molecule has 0 heterocycles. The molecule has 0 N–H and O–H groups in total. The predicted molar refractivity (Wildman–Crippen MR) is 325 cm³/mol. The average Bonchev–Trinajstić information content (AvgIpc) is 3.40. The third-order valence-electron chi connectivity index (χ3n) is 13.9. The van der Waals surface area contributed by atoms with Gasteiger partial charge in [0.25, 0.3) is 0 Å². The molecule has 0 saturated carbocycles. The summed E-state index contributed by atoms with van der Waals surface area (Å²) in [6, 6.07) is 0. The van der Waals surface area contributed by atoms with E-state index in [1.807, 2.05) is 21.1 Å². The first-order valence-corrected chi connectivity index (χ1v) is 32.1. The van der Waals surface area contributed by atoms with Gasteiger partial charge in [0.05, 0.1) is 40.3 Å². The number of unbranched alkanes of at least 4 members (excludes halogenated alkanes) is 32. The standard InChI is InChI=1S/C68H121NO8/c1-6-8-10-12-14-16-18-20-22-24-26-27-28-29-30-31-32-33-34-35-36-37-38-39-41-42-44-46-48-50-52-54-56-58-65(70)75-62-64(63-76-68(67(72)73)74-61-60-69(3,4)5)77-66(71)59-57-55-53-51-49-47-45-43-40-25-23-21-19-17-15-13-11-9-7-2/h9,11,15,17,21,23-24,26,40,43,47,49,64,68H,6-8,10,12-14,16,18-20,22,25,27-39,41-42,44-46,48,50-63H2,1-5H3/b11-9-,17-15-,23-21-,26-24-,43-40-,49-47-. The summed E-state index contributed by atoms with van der Waals surface area (Å²) in [6.45, 7) is 4.62. The molecule has 0 amide bonds. The summed E-state index contributed by atoms with van der Waals surface area (Å²) in [5.74, 6) is -2.32. The number of aliphatic carboxylic acids is 1. The van der Waals surface area contributed by atoms with E-state index in [2.05, 4.69) is 86.8 Å². The summed E-state index contributed by atoms with van der Waals surface area (Å²) in [7, 11) is 5.91. The minimum atomic E-state index is -1.63. The monoisotopic (exact) mass is 1080 g/mol. The minimum Gasteiger partial charge on any atom is -0.545 e. The molecule has 0 radical (unpaired) electrons. The van der Waals surface area contributed by atoms with Gasteiger partial charge in [0.15, 0.2) is 12.4 Å². The third kappa shape index (κ3) is 60.2. The van der Waals surface area contributed by atoms with Crippen molar-refractivity contribution in [2.45, 2.75) is 296 Å². The summed E-state index contributed by atoms with van der Waals surface area (Å²) >= 11 is 0. The van der Waals surface area contributed by atoms with Crippen LogP contribution < -0.4 is 5.11 Å². The van der Waals surface area contributed by atoms with E-state index < -0.39 is 24.3 Å². The van der Waals surface area contributed by atoms with Gasteiger partial charge in [-0.2, -0.15) is 0 Å². The average molecular weight is 1080 g/mol. The molecular formula is C68H121NO8. The van der Waals surface area contributed by atoms with Crippen molar-refractivity contribution in [1.82, 2.24) is 0 Å². The van der Waals surface area contributed by atoms with Crippen molar-refractivity contribution < 1.29 is 42.9 Å². The second kappa shape index (κ2) is 58.9. The number of allylic oxidation sites excluding steroid dienone is 12. The summed E-state index contributed by atoms with van der Waals surface area (Å²) < 4.78 is 22.7. The molecule has 0 spiro atoms. The molecule has 0 saturated heterocycles. The summed E-state index contributed by atoms with van der Waals surface area (Å²) in [4.78, 5) is 37.3. The van der Waals surface area contributed by atoms with Crippen LogP contribution in [0.2, 0.25) is 0 Å². The van der Waals surface area contributed by atoms with Crippen molar-refractivity contribution in [2.75, 3.05) is 47.5 Å². The van der Waals surface area contributed by atoms with Crippen molar-refractivity contribution in [2.24, 2.45) is 0 Å². The first kappa shape index (κ1) is 73.7. The number of carbonyl (C=O) groups is 3. The molecule has 0 aliphatic carbocycles. The zero-order valence-corrected chi connectivity index (χ0v) is 50.8. The molecule has 0 aromatic carbocycles. The van der Waals surface area contributed by atoms with E-state index in [0.717, 1.165) is 70.6 Å². The Kier molecular flexibility index (Phi) is 56.4. The Morgan fingerprint density at radius 3 is 1.13 bits per heavy atom.